The predicted octanol–water partition coefficient (Wildman–Crippen LogP) is 1.20. The number of nitrogens with zero attached hydrogens (tertiary/aromatic N) is 1. The molecule has 4 nitrogen and oxygen atoms in total. The Kier molecular flexibility index (Phi) is 4.76. The zero-order chi connectivity index (χ0) is 16.2. The maximum Gasteiger partial charge on any atom is 0.275 e. The lowest BCUT2D eigenvalue weighted by Gasteiger charge is -2.21. The Labute approximate surface area is 135 Å². The number of aromatic nitrogens is 1. The minimum atomic E-state index is -0.275. The van der Waals surface area contributed by atoms with Gasteiger partial charge in [-0.3, -0.25) is 4.79 Å². The molecule has 1 saturated heterocycles. The van der Waals surface area contributed by atoms with E-state index in [2.05, 4.69) is 16.0 Å². The monoisotopic (exact) mass is 316 g/mol. The smallest absolute Gasteiger partial charge is 0.275 e. The number of quaternary nitrogens is 1. The number of carbonyl (C=O) groups is 1. The van der Waals surface area contributed by atoms with Gasteiger partial charge in [0.25, 0.3) is 5.91 Å². The average molecular weight is 316 g/mol. The Morgan fingerprint density at radius 1 is 1.35 bits per heavy atom. The number of nitrogens with one attached hydrogen (secondary N) is 2. The van der Waals surface area contributed by atoms with Crippen LogP contribution in [0.15, 0.2) is 42.6 Å². The molecule has 1 aromatic heterocycles. The zero-order valence-electron chi connectivity index (χ0n) is 13.4. The third-order valence-electron chi connectivity index (χ3n) is 4.65. The van der Waals surface area contributed by atoms with Crippen molar-refractivity contribution in [3.63, 3.8) is 0 Å². The minimum absolute atomic E-state index is 0.0237. The highest BCUT2D eigenvalue weighted by Crippen LogP contribution is 2.18. The SMILES string of the molecule is Cn1cccc1[C@@H]1CCC[NH+]1CC(=O)NCc1ccccc1F. The molecule has 1 amide bonds. The molecule has 0 radical (unpaired) electrons. The van der Waals surface area contributed by atoms with Gasteiger partial charge in [0.15, 0.2) is 6.54 Å². The molecule has 122 valence electrons. The molecule has 2 heterocycles. The molecule has 1 aliphatic heterocycles. The first-order chi connectivity index (χ1) is 11.1. The molecule has 0 spiro atoms. The summed E-state index contributed by atoms with van der Waals surface area (Å²) in [7, 11) is 2.05. The van der Waals surface area contributed by atoms with Crippen molar-refractivity contribution in [1.82, 2.24) is 9.88 Å². The van der Waals surface area contributed by atoms with Gasteiger partial charge >= 0.3 is 0 Å². The van der Waals surface area contributed by atoms with Gasteiger partial charge in [-0.2, -0.15) is 0 Å². The highest BCUT2D eigenvalue weighted by Gasteiger charge is 2.32. The summed E-state index contributed by atoms with van der Waals surface area (Å²) >= 11 is 0. The predicted molar refractivity (Wildman–Crippen MR) is 86.3 cm³/mol. The largest absolute Gasteiger partial charge is 0.350 e. The molecule has 0 bridgehead atoms. The summed E-state index contributed by atoms with van der Waals surface area (Å²) in [6.45, 7) is 1.68. The number of aryl methyl sites for hydroxylation is 1. The number of hydrogen-bond donors (Lipinski definition) is 2. The van der Waals surface area contributed by atoms with E-state index in [1.165, 1.54) is 16.7 Å². The van der Waals surface area contributed by atoms with Crippen LogP contribution in [0.5, 0.6) is 0 Å². The maximum absolute atomic E-state index is 13.6. The van der Waals surface area contributed by atoms with Gasteiger partial charge in [-0.1, -0.05) is 18.2 Å². The van der Waals surface area contributed by atoms with Crippen LogP contribution in [0.4, 0.5) is 4.39 Å². The molecule has 5 heteroatoms. The van der Waals surface area contributed by atoms with Crippen molar-refractivity contribution < 1.29 is 14.1 Å². The van der Waals surface area contributed by atoms with Crippen molar-refractivity contribution in [1.29, 1.82) is 0 Å². The van der Waals surface area contributed by atoms with Gasteiger partial charge in [0, 0.05) is 38.2 Å². The molecular formula is C18H23FN3O+. The van der Waals surface area contributed by atoms with Crippen LogP contribution in [-0.2, 0) is 18.4 Å². The van der Waals surface area contributed by atoms with Gasteiger partial charge in [-0.05, 0) is 18.2 Å². The molecule has 2 aromatic rings. The van der Waals surface area contributed by atoms with E-state index in [1.54, 1.807) is 18.2 Å². The third kappa shape index (κ3) is 3.62. The first-order valence-corrected chi connectivity index (χ1v) is 8.11. The van der Waals surface area contributed by atoms with Crippen molar-refractivity contribution >= 4 is 5.91 Å². The van der Waals surface area contributed by atoms with Crippen LogP contribution in [-0.4, -0.2) is 23.6 Å². The van der Waals surface area contributed by atoms with Crippen LogP contribution in [0.1, 0.15) is 30.1 Å². The number of hydrogen-bond acceptors (Lipinski definition) is 1. The molecule has 23 heavy (non-hydrogen) atoms. The van der Waals surface area contributed by atoms with Gasteiger partial charge in [-0.15, -0.1) is 0 Å². The number of halogens is 1. The first-order valence-electron chi connectivity index (χ1n) is 8.11. The highest BCUT2D eigenvalue weighted by molar-refractivity contribution is 5.76. The van der Waals surface area contributed by atoms with E-state index >= 15 is 0 Å². The molecular weight excluding hydrogens is 293 g/mol. The van der Waals surface area contributed by atoms with Crippen LogP contribution in [0.3, 0.4) is 0 Å². The fraction of sp³-hybridized carbons (Fsp3) is 0.389. The Bertz CT molecular complexity index is 682. The minimum Gasteiger partial charge on any atom is -0.350 e. The molecule has 2 N–H and O–H groups in total. The molecule has 1 fully saturated rings. The molecule has 1 unspecified atom stereocenters. The van der Waals surface area contributed by atoms with Gasteiger partial charge in [0.05, 0.1) is 12.2 Å². The second-order valence-corrected chi connectivity index (χ2v) is 6.19. The van der Waals surface area contributed by atoms with Gasteiger partial charge < -0.3 is 14.8 Å². The fourth-order valence-corrected chi connectivity index (χ4v) is 3.42. The quantitative estimate of drug-likeness (QED) is 0.855. The normalized spacial score (nSPS) is 20.6. The van der Waals surface area contributed by atoms with Gasteiger partial charge in [0.1, 0.15) is 11.9 Å². The third-order valence-corrected chi connectivity index (χ3v) is 4.65. The molecule has 0 saturated carbocycles. The zero-order valence-corrected chi connectivity index (χ0v) is 13.4. The molecule has 0 aliphatic carbocycles. The van der Waals surface area contributed by atoms with Gasteiger partial charge in [-0.25, -0.2) is 4.39 Å². The second kappa shape index (κ2) is 6.96. The lowest BCUT2D eigenvalue weighted by atomic mass is 10.1. The van der Waals surface area contributed by atoms with Crippen LogP contribution >= 0.6 is 0 Å². The lowest BCUT2D eigenvalue weighted by Crippen LogP contribution is -3.11. The van der Waals surface area contributed by atoms with E-state index in [9.17, 15) is 9.18 Å². The Balaban J connectivity index is 1.57. The summed E-state index contributed by atoms with van der Waals surface area (Å²) in [6.07, 6.45) is 4.28. The number of carbonyl (C=O) groups excluding carboxylic acids is 1. The standard InChI is InChI=1S/C18H22FN3O/c1-21-10-4-8-16(21)17-9-5-11-22(17)13-18(23)20-12-14-6-2-3-7-15(14)19/h2-4,6-8,10,17H,5,9,11-13H2,1H3,(H,20,23)/p+1/t17-/m0/s1. The molecule has 3 rings (SSSR count). The van der Waals surface area contributed by atoms with E-state index in [4.69, 9.17) is 0 Å². The summed E-state index contributed by atoms with van der Waals surface area (Å²) in [4.78, 5) is 13.5. The van der Waals surface area contributed by atoms with Crippen LogP contribution in [0, 0.1) is 5.82 Å². The van der Waals surface area contributed by atoms with E-state index < -0.39 is 0 Å². The van der Waals surface area contributed by atoms with Crippen molar-refractivity contribution in [2.75, 3.05) is 13.1 Å². The van der Waals surface area contributed by atoms with Crippen LogP contribution in [0.25, 0.3) is 0 Å². The Morgan fingerprint density at radius 3 is 2.91 bits per heavy atom. The van der Waals surface area contributed by atoms with E-state index in [1.807, 2.05) is 19.3 Å². The summed E-state index contributed by atoms with van der Waals surface area (Å²) in [5, 5.41) is 2.84. The number of rotatable bonds is 5. The summed E-state index contributed by atoms with van der Waals surface area (Å²) in [5.41, 5.74) is 1.80. The highest BCUT2D eigenvalue weighted by atomic mass is 19.1. The van der Waals surface area contributed by atoms with Crippen molar-refractivity contribution in [3.05, 3.63) is 59.7 Å². The van der Waals surface area contributed by atoms with E-state index in [0.29, 0.717) is 18.2 Å². The Hall–Kier alpha value is -2.14. The Morgan fingerprint density at radius 2 is 2.17 bits per heavy atom. The first kappa shape index (κ1) is 15.7. The van der Waals surface area contributed by atoms with Crippen molar-refractivity contribution in [2.24, 2.45) is 7.05 Å². The van der Waals surface area contributed by atoms with Gasteiger partial charge in [0.2, 0.25) is 0 Å². The average Bonchev–Trinajstić information content (AvgIpc) is 3.15. The van der Waals surface area contributed by atoms with Crippen LogP contribution < -0.4 is 10.2 Å². The van der Waals surface area contributed by atoms with Crippen molar-refractivity contribution in [3.8, 4) is 0 Å². The van der Waals surface area contributed by atoms with Crippen LogP contribution in [0.2, 0.25) is 0 Å². The lowest BCUT2D eigenvalue weighted by molar-refractivity contribution is -0.911. The summed E-state index contributed by atoms with van der Waals surface area (Å²) in [6, 6.07) is 11.1. The maximum atomic E-state index is 13.6. The summed E-state index contributed by atoms with van der Waals surface area (Å²) < 4.78 is 15.7. The number of amides is 1. The second-order valence-electron chi connectivity index (χ2n) is 6.19. The van der Waals surface area contributed by atoms with Crippen molar-refractivity contribution in [2.45, 2.75) is 25.4 Å². The molecule has 1 aliphatic rings. The fourth-order valence-electron chi connectivity index (χ4n) is 3.42. The summed E-state index contributed by atoms with van der Waals surface area (Å²) in [5.74, 6) is -0.299. The topological polar surface area (TPSA) is 38.5 Å². The number of benzene rings is 1. The van der Waals surface area contributed by atoms with E-state index in [0.717, 1.165) is 19.4 Å². The molecule has 2 atom stereocenters. The van der Waals surface area contributed by atoms with E-state index in [-0.39, 0.29) is 18.3 Å². The number of likely N-dealkylation sites (tertiary alicyclic amines) is 1. The molecule has 1 aromatic carbocycles.